The molecule has 32 heavy (non-hydrogen) atoms. The summed E-state index contributed by atoms with van der Waals surface area (Å²) in [7, 11) is 0. The second-order valence-electron chi connectivity index (χ2n) is 10.1. The van der Waals surface area contributed by atoms with Crippen LogP contribution in [0.3, 0.4) is 0 Å². The summed E-state index contributed by atoms with van der Waals surface area (Å²) >= 11 is 0. The molecule has 1 saturated heterocycles. The van der Waals surface area contributed by atoms with Gasteiger partial charge in [-0.05, 0) is 68.7 Å². The summed E-state index contributed by atoms with van der Waals surface area (Å²) in [6.45, 7) is 2.65. The van der Waals surface area contributed by atoms with Crippen molar-refractivity contribution < 1.29 is 19.4 Å². The molecule has 4 aliphatic rings. The highest BCUT2D eigenvalue weighted by Gasteiger charge is 2.56. The molecule has 2 heterocycles. The summed E-state index contributed by atoms with van der Waals surface area (Å²) in [5.41, 5.74) is 0.110. The molecule has 0 radical (unpaired) electrons. The Morgan fingerprint density at radius 3 is 2.28 bits per heavy atom. The van der Waals surface area contributed by atoms with Crippen LogP contribution in [0.4, 0.5) is 5.95 Å². The first-order valence-electron chi connectivity index (χ1n) is 12.3. The van der Waals surface area contributed by atoms with Crippen molar-refractivity contribution in [2.45, 2.75) is 69.9 Å². The van der Waals surface area contributed by atoms with Crippen LogP contribution in [-0.2, 0) is 9.53 Å². The molecular formula is C24H34N4O4. The molecule has 2 unspecified atom stereocenters. The fourth-order valence-corrected chi connectivity index (χ4v) is 6.13. The number of hydrogen-bond donors (Lipinski definition) is 2. The third kappa shape index (κ3) is 4.60. The van der Waals surface area contributed by atoms with E-state index in [1.165, 1.54) is 44.5 Å². The molecule has 1 aromatic heterocycles. The van der Waals surface area contributed by atoms with E-state index in [1.54, 1.807) is 0 Å². The number of carboxylic acids is 1. The minimum Gasteiger partial charge on any atom is -0.478 e. The molecule has 3 aliphatic carbocycles. The number of hydrogen-bond acceptors (Lipinski definition) is 7. The van der Waals surface area contributed by atoms with Gasteiger partial charge in [-0.15, -0.1) is 0 Å². The summed E-state index contributed by atoms with van der Waals surface area (Å²) < 4.78 is 5.91. The molecule has 174 valence electrons. The summed E-state index contributed by atoms with van der Waals surface area (Å²) in [6.07, 6.45) is 13.2. The average Bonchev–Trinajstić information content (AvgIpc) is 3.18. The number of aromatic nitrogens is 2. The van der Waals surface area contributed by atoms with E-state index < -0.39 is 5.97 Å². The lowest BCUT2D eigenvalue weighted by Crippen LogP contribution is -2.46. The Labute approximate surface area is 189 Å². The Kier molecular flexibility index (Phi) is 6.31. The van der Waals surface area contributed by atoms with E-state index >= 15 is 0 Å². The summed E-state index contributed by atoms with van der Waals surface area (Å²) in [4.78, 5) is 34.6. The number of carboxylic acid groups (broad SMARTS) is 1. The SMILES string of the molecule is O=C(O)c1cnc(N2CC3C(CN[C@H](C(=O)OC4CCCC4)C4CCCCC4)C3C2)nc1. The summed E-state index contributed by atoms with van der Waals surface area (Å²) in [6, 6.07) is -0.166. The number of carbonyl (C=O) groups excluding carboxylic acids is 1. The minimum absolute atomic E-state index is 0.0249. The highest BCUT2D eigenvalue weighted by molar-refractivity contribution is 5.86. The van der Waals surface area contributed by atoms with Crippen LogP contribution in [0, 0.1) is 23.7 Å². The van der Waals surface area contributed by atoms with E-state index in [9.17, 15) is 9.59 Å². The van der Waals surface area contributed by atoms with Crippen LogP contribution in [0.25, 0.3) is 0 Å². The van der Waals surface area contributed by atoms with Crippen molar-refractivity contribution >= 4 is 17.9 Å². The lowest BCUT2D eigenvalue weighted by Gasteiger charge is -2.31. The standard InChI is InChI=1S/C24H34N4O4/c29-22(30)16-10-26-24(27-11-16)28-13-19-18(20(19)14-28)12-25-21(15-6-2-1-3-7-15)23(31)32-17-8-4-5-9-17/h10-11,15,17-21,25H,1-9,12-14H2,(H,29,30)/t18?,19?,20?,21-/m0/s1. The van der Waals surface area contributed by atoms with Gasteiger partial charge in [0, 0.05) is 25.5 Å². The number of ether oxygens (including phenoxy) is 1. The first kappa shape index (κ1) is 21.6. The van der Waals surface area contributed by atoms with Gasteiger partial charge in [-0.1, -0.05) is 19.3 Å². The number of aromatic carboxylic acids is 1. The van der Waals surface area contributed by atoms with Crippen molar-refractivity contribution in [2.24, 2.45) is 23.7 Å². The van der Waals surface area contributed by atoms with Crippen molar-refractivity contribution in [3.8, 4) is 0 Å². The molecule has 1 aliphatic heterocycles. The summed E-state index contributed by atoms with van der Waals surface area (Å²) in [5.74, 6) is 1.72. The third-order valence-electron chi connectivity index (χ3n) is 8.07. The van der Waals surface area contributed by atoms with Crippen LogP contribution in [0.2, 0.25) is 0 Å². The van der Waals surface area contributed by atoms with E-state index in [0.717, 1.165) is 45.3 Å². The van der Waals surface area contributed by atoms with Gasteiger partial charge < -0.3 is 20.1 Å². The number of carbonyl (C=O) groups is 2. The number of nitrogens with one attached hydrogen (secondary N) is 1. The molecule has 0 aromatic carbocycles. The molecule has 0 spiro atoms. The van der Waals surface area contributed by atoms with Crippen LogP contribution >= 0.6 is 0 Å². The second-order valence-corrected chi connectivity index (χ2v) is 10.1. The van der Waals surface area contributed by atoms with Gasteiger partial charge in [-0.2, -0.15) is 0 Å². The Hall–Kier alpha value is -2.22. The molecule has 8 nitrogen and oxygen atoms in total. The fourth-order valence-electron chi connectivity index (χ4n) is 6.13. The van der Waals surface area contributed by atoms with Gasteiger partial charge in [0.15, 0.2) is 0 Å². The zero-order valence-electron chi connectivity index (χ0n) is 18.6. The predicted molar refractivity (Wildman–Crippen MR) is 118 cm³/mol. The largest absolute Gasteiger partial charge is 0.478 e. The first-order valence-corrected chi connectivity index (χ1v) is 12.3. The summed E-state index contributed by atoms with van der Waals surface area (Å²) in [5, 5.41) is 12.6. The number of anilines is 1. The van der Waals surface area contributed by atoms with Gasteiger partial charge in [0.2, 0.25) is 5.95 Å². The Morgan fingerprint density at radius 1 is 1.03 bits per heavy atom. The monoisotopic (exact) mass is 442 g/mol. The smallest absolute Gasteiger partial charge is 0.338 e. The third-order valence-corrected chi connectivity index (χ3v) is 8.07. The number of rotatable bonds is 8. The van der Waals surface area contributed by atoms with Gasteiger partial charge in [0.1, 0.15) is 12.1 Å². The zero-order chi connectivity index (χ0) is 22.1. The first-order chi connectivity index (χ1) is 15.6. The van der Waals surface area contributed by atoms with E-state index in [0.29, 0.717) is 29.6 Å². The molecule has 8 heteroatoms. The van der Waals surface area contributed by atoms with E-state index in [2.05, 4.69) is 20.2 Å². The quantitative estimate of drug-likeness (QED) is 0.592. The molecular weight excluding hydrogens is 408 g/mol. The highest BCUT2D eigenvalue weighted by atomic mass is 16.5. The van der Waals surface area contributed by atoms with Gasteiger partial charge in [-0.3, -0.25) is 4.79 Å². The Morgan fingerprint density at radius 2 is 1.66 bits per heavy atom. The van der Waals surface area contributed by atoms with E-state index in [4.69, 9.17) is 9.84 Å². The van der Waals surface area contributed by atoms with Crippen molar-refractivity contribution in [3.05, 3.63) is 18.0 Å². The molecule has 3 saturated carbocycles. The number of fused-ring (bicyclic) bond motifs is 1. The van der Waals surface area contributed by atoms with Gasteiger partial charge >= 0.3 is 11.9 Å². The van der Waals surface area contributed by atoms with Crippen LogP contribution in [0.5, 0.6) is 0 Å². The maximum Gasteiger partial charge on any atom is 0.338 e. The zero-order valence-corrected chi connectivity index (χ0v) is 18.6. The second kappa shape index (κ2) is 9.33. The topological polar surface area (TPSA) is 105 Å². The lowest BCUT2D eigenvalue weighted by atomic mass is 9.83. The van der Waals surface area contributed by atoms with Crippen molar-refractivity contribution in [1.82, 2.24) is 15.3 Å². The van der Waals surface area contributed by atoms with E-state index in [-0.39, 0.29) is 23.7 Å². The normalized spacial score (nSPS) is 29.0. The van der Waals surface area contributed by atoms with Gasteiger partial charge in [0.25, 0.3) is 0 Å². The lowest BCUT2D eigenvalue weighted by molar-refractivity contribution is -0.153. The minimum atomic E-state index is -1.01. The Balaban J connectivity index is 1.14. The maximum absolute atomic E-state index is 13.0. The molecule has 3 atom stereocenters. The molecule has 2 N–H and O–H groups in total. The van der Waals surface area contributed by atoms with Gasteiger partial charge in [-0.25, -0.2) is 14.8 Å². The number of piperidine rings is 1. The number of esters is 1. The van der Waals surface area contributed by atoms with Crippen molar-refractivity contribution in [3.63, 3.8) is 0 Å². The van der Waals surface area contributed by atoms with Crippen LogP contribution < -0.4 is 10.2 Å². The molecule has 4 fully saturated rings. The Bertz CT molecular complexity index is 808. The maximum atomic E-state index is 13.0. The average molecular weight is 443 g/mol. The number of nitrogens with zero attached hydrogens (tertiary/aromatic N) is 3. The highest BCUT2D eigenvalue weighted by Crippen LogP contribution is 2.51. The van der Waals surface area contributed by atoms with Crippen LogP contribution in [0.1, 0.15) is 68.1 Å². The predicted octanol–water partition coefficient (Wildman–Crippen LogP) is 2.88. The van der Waals surface area contributed by atoms with Crippen LogP contribution in [-0.4, -0.2) is 58.8 Å². The van der Waals surface area contributed by atoms with E-state index in [1.807, 2.05) is 0 Å². The molecule has 0 bridgehead atoms. The fraction of sp³-hybridized carbons (Fsp3) is 0.750. The van der Waals surface area contributed by atoms with Crippen LogP contribution in [0.15, 0.2) is 12.4 Å². The van der Waals surface area contributed by atoms with Crippen molar-refractivity contribution in [1.29, 1.82) is 0 Å². The van der Waals surface area contributed by atoms with Gasteiger partial charge in [0.05, 0.1) is 5.56 Å². The molecule has 1 aromatic rings. The van der Waals surface area contributed by atoms with Crippen molar-refractivity contribution in [2.75, 3.05) is 24.5 Å². The molecule has 0 amide bonds. The molecule has 5 rings (SSSR count).